The molecule has 0 spiro atoms. The topological polar surface area (TPSA) is 48.8 Å². The lowest BCUT2D eigenvalue weighted by atomic mass is 9.94. The van der Waals surface area contributed by atoms with E-state index in [2.05, 4.69) is 167 Å². The predicted octanol–water partition coefficient (Wildman–Crippen LogP) is 13.6. The van der Waals surface area contributed by atoms with Gasteiger partial charge in [0.05, 0.1) is 27.8 Å². The van der Waals surface area contributed by atoms with Crippen molar-refractivity contribution < 1.29 is 4.42 Å². The summed E-state index contributed by atoms with van der Waals surface area (Å²) in [5.41, 5.74) is 16.8. The molecule has 0 atom stereocenters. The maximum absolute atomic E-state index is 6.43. The normalized spacial score (nSPS) is 12.2. The van der Waals surface area contributed by atoms with E-state index in [0.717, 1.165) is 60.9 Å². The van der Waals surface area contributed by atoms with Crippen molar-refractivity contribution in [2.75, 3.05) is 0 Å². The molecule has 0 unspecified atom stereocenters. The highest BCUT2D eigenvalue weighted by atomic mass is 16.3. The zero-order chi connectivity index (χ0) is 37.2. The molecular formula is C52H30N4O. The number of fused-ring (bicyclic) bond motifs is 14. The van der Waals surface area contributed by atoms with Gasteiger partial charge in [0.15, 0.2) is 5.82 Å². The van der Waals surface area contributed by atoms with E-state index in [1.165, 1.54) is 55.3 Å². The summed E-state index contributed by atoms with van der Waals surface area (Å²) in [6, 6.07) is 65.0. The van der Waals surface area contributed by atoms with Crippen molar-refractivity contribution in [1.29, 1.82) is 0 Å². The molecule has 5 nitrogen and oxygen atoms in total. The van der Waals surface area contributed by atoms with Crippen LogP contribution in [0.3, 0.4) is 0 Å². The van der Waals surface area contributed by atoms with E-state index < -0.39 is 0 Å². The molecule has 0 bridgehead atoms. The van der Waals surface area contributed by atoms with Gasteiger partial charge in [-0.25, -0.2) is 4.98 Å². The molecule has 4 aromatic heterocycles. The van der Waals surface area contributed by atoms with Gasteiger partial charge in [-0.3, -0.25) is 4.57 Å². The second kappa shape index (κ2) is 11.4. The Morgan fingerprint density at radius 1 is 0.386 bits per heavy atom. The number of hydrogen-bond donors (Lipinski definition) is 0. The van der Waals surface area contributed by atoms with Gasteiger partial charge in [0.2, 0.25) is 5.71 Å². The van der Waals surface area contributed by atoms with Gasteiger partial charge in [0.1, 0.15) is 16.8 Å². The number of nitrogens with zero attached hydrogens (tertiary/aromatic N) is 4. The van der Waals surface area contributed by atoms with Gasteiger partial charge in [0, 0.05) is 43.6 Å². The van der Waals surface area contributed by atoms with E-state index in [1.54, 1.807) is 0 Å². The number of hydrogen-bond acceptors (Lipinski definition) is 3. The van der Waals surface area contributed by atoms with Crippen LogP contribution in [0.1, 0.15) is 0 Å². The van der Waals surface area contributed by atoms with Crippen LogP contribution in [0.25, 0.3) is 122 Å². The third-order valence-corrected chi connectivity index (χ3v) is 11.9. The van der Waals surface area contributed by atoms with Crippen molar-refractivity contribution in [2.24, 2.45) is 0 Å². The van der Waals surface area contributed by atoms with Crippen LogP contribution in [-0.2, 0) is 0 Å². The smallest absolute Gasteiger partial charge is 0.248 e. The number of furan rings is 1. The molecule has 0 saturated carbocycles. The second-order valence-corrected chi connectivity index (χ2v) is 14.9. The van der Waals surface area contributed by atoms with Gasteiger partial charge in [-0.05, 0) is 58.7 Å². The molecule has 1 aliphatic heterocycles. The number of benzene rings is 8. The van der Waals surface area contributed by atoms with E-state index in [-0.39, 0.29) is 0 Å². The molecule has 13 rings (SSSR count). The standard InChI is InChI=1S/C52H30N4O/c1-2-13-31(14-3-1)32-25-27-33(28-26-32)48-51(54-52-49(53-48)40-19-8-11-24-47(40)57-52)56-44-23-10-7-18-37(44)41-29-45-42(30-46(41)56)39-21-12-20-38-35-16-5-4-15-34(35)36-17-6-9-22-43(36)55(45)50(38)39/h1-30H. The van der Waals surface area contributed by atoms with Crippen LogP contribution in [0.2, 0.25) is 0 Å². The van der Waals surface area contributed by atoms with E-state index >= 15 is 0 Å². The van der Waals surface area contributed by atoms with Crippen molar-refractivity contribution in [2.45, 2.75) is 0 Å². The van der Waals surface area contributed by atoms with Crippen LogP contribution in [-0.4, -0.2) is 19.1 Å². The molecule has 0 aliphatic carbocycles. The van der Waals surface area contributed by atoms with E-state index in [1.807, 2.05) is 24.3 Å². The van der Waals surface area contributed by atoms with Crippen molar-refractivity contribution in [3.63, 3.8) is 0 Å². The summed E-state index contributed by atoms with van der Waals surface area (Å²) in [7, 11) is 0. The molecule has 57 heavy (non-hydrogen) atoms. The quantitative estimate of drug-likeness (QED) is 0.182. The van der Waals surface area contributed by atoms with Gasteiger partial charge in [0.25, 0.3) is 0 Å². The van der Waals surface area contributed by atoms with Crippen molar-refractivity contribution in [3.05, 3.63) is 182 Å². The first-order chi connectivity index (χ1) is 28.3. The van der Waals surface area contributed by atoms with Gasteiger partial charge < -0.3 is 8.98 Å². The molecule has 0 fully saturated rings. The average Bonchev–Trinajstić information content (AvgIpc) is 3.89. The first-order valence-electron chi connectivity index (χ1n) is 19.3. The third kappa shape index (κ3) is 4.23. The minimum atomic E-state index is 0.515. The molecule has 264 valence electrons. The number of rotatable bonds is 3. The first-order valence-corrected chi connectivity index (χ1v) is 19.3. The number of para-hydroxylation sites is 4. The van der Waals surface area contributed by atoms with Crippen LogP contribution in [0, 0.1) is 0 Å². The Morgan fingerprint density at radius 2 is 0.982 bits per heavy atom. The molecule has 0 radical (unpaired) electrons. The Bertz CT molecular complexity index is 3630. The predicted molar refractivity (Wildman–Crippen MR) is 233 cm³/mol. The minimum absolute atomic E-state index is 0.515. The summed E-state index contributed by atoms with van der Waals surface area (Å²) in [5.74, 6) is 0.726. The van der Waals surface area contributed by atoms with Crippen LogP contribution in [0.15, 0.2) is 186 Å². The Hall–Kier alpha value is -7.76. The Balaban J connectivity index is 1.15. The summed E-state index contributed by atoms with van der Waals surface area (Å²) < 4.78 is 11.2. The Labute approximate surface area is 326 Å². The largest absolute Gasteiger partial charge is 0.436 e. The monoisotopic (exact) mass is 726 g/mol. The maximum atomic E-state index is 6.43. The molecule has 0 saturated heterocycles. The minimum Gasteiger partial charge on any atom is -0.436 e. The molecular weight excluding hydrogens is 697 g/mol. The molecule has 5 heterocycles. The lowest BCUT2D eigenvalue weighted by Crippen LogP contribution is -2.03. The molecule has 1 aliphatic rings. The van der Waals surface area contributed by atoms with E-state index in [0.29, 0.717) is 5.71 Å². The lowest BCUT2D eigenvalue weighted by molar-refractivity contribution is 0.652. The summed E-state index contributed by atoms with van der Waals surface area (Å²) in [6.45, 7) is 0. The second-order valence-electron chi connectivity index (χ2n) is 14.9. The van der Waals surface area contributed by atoms with Gasteiger partial charge >= 0.3 is 0 Å². The van der Waals surface area contributed by atoms with Crippen LogP contribution in [0.5, 0.6) is 0 Å². The molecule has 5 heteroatoms. The van der Waals surface area contributed by atoms with Crippen LogP contribution < -0.4 is 0 Å². The molecule has 8 aromatic carbocycles. The third-order valence-electron chi connectivity index (χ3n) is 11.9. The highest BCUT2D eigenvalue weighted by molar-refractivity contribution is 6.22. The van der Waals surface area contributed by atoms with Crippen LogP contribution >= 0.6 is 0 Å². The Morgan fingerprint density at radius 3 is 1.82 bits per heavy atom. The zero-order valence-corrected chi connectivity index (χ0v) is 30.5. The average molecular weight is 727 g/mol. The lowest BCUT2D eigenvalue weighted by Gasteiger charge is -2.13. The summed E-state index contributed by atoms with van der Waals surface area (Å²) in [5, 5.41) is 5.64. The van der Waals surface area contributed by atoms with E-state index in [9.17, 15) is 0 Å². The highest BCUT2D eigenvalue weighted by Gasteiger charge is 2.27. The summed E-state index contributed by atoms with van der Waals surface area (Å²) in [4.78, 5) is 10.8. The van der Waals surface area contributed by atoms with Gasteiger partial charge in [-0.2, -0.15) is 4.98 Å². The number of aromatic nitrogens is 4. The fourth-order valence-corrected chi connectivity index (χ4v) is 9.39. The van der Waals surface area contributed by atoms with Gasteiger partial charge in [-0.1, -0.05) is 146 Å². The zero-order valence-electron chi connectivity index (χ0n) is 30.5. The first kappa shape index (κ1) is 30.6. The molecule has 0 amide bonds. The highest BCUT2D eigenvalue weighted by Crippen LogP contribution is 2.48. The Kier molecular flexibility index (Phi) is 6.10. The molecule has 0 N–H and O–H groups in total. The van der Waals surface area contributed by atoms with Crippen molar-refractivity contribution in [1.82, 2.24) is 19.1 Å². The maximum Gasteiger partial charge on any atom is 0.248 e. The van der Waals surface area contributed by atoms with Gasteiger partial charge in [-0.15, -0.1) is 0 Å². The fraction of sp³-hybridized carbons (Fsp3) is 0. The van der Waals surface area contributed by atoms with Crippen molar-refractivity contribution in [3.8, 4) is 56.1 Å². The molecule has 12 aromatic rings. The fourth-order valence-electron chi connectivity index (χ4n) is 9.39. The van der Waals surface area contributed by atoms with Crippen LogP contribution in [0.4, 0.5) is 0 Å². The van der Waals surface area contributed by atoms with E-state index in [4.69, 9.17) is 14.4 Å². The SMILES string of the molecule is c1ccc(-c2ccc(-c3nc4c(nc3-n3c5ccccc5c5cc6c(cc53)c3cccc5c3n6-c3ccccc3-c3ccccc3-5)oc3ccccc34)cc2)cc1. The summed E-state index contributed by atoms with van der Waals surface area (Å²) in [6.07, 6.45) is 0. The summed E-state index contributed by atoms with van der Waals surface area (Å²) >= 11 is 0. The van der Waals surface area contributed by atoms with Crippen molar-refractivity contribution >= 4 is 65.8 Å².